The number of rotatable bonds is 3. The van der Waals surface area contributed by atoms with Crippen LogP contribution in [0.1, 0.15) is 0 Å². The van der Waals surface area contributed by atoms with E-state index in [0.29, 0.717) is 4.47 Å². The molecule has 0 aliphatic heterocycles. The van der Waals surface area contributed by atoms with Crippen molar-refractivity contribution < 1.29 is 13.9 Å². The smallest absolute Gasteiger partial charge is 0.227 e. The van der Waals surface area contributed by atoms with Crippen molar-refractivity contribution in [3.05, 3.63) is 33.5 Å². The summed E-state index contributed by atoms with van der Waals surface area (Å²) in [4.78, 5) is 7.66. The van der Waals surface area contributed by atoms with Crippen molar-refractivity contribution >= 4 is 33.5 Å². The van der Waals surface area contributed by atoms with Gasteiger partial charge in [-0.1, -0.05) is 11.6 Å². The molecule has 2 N–H and O–H groups in total. The van der Waals surface area contributed by atoms with E-state index >= 15 is 0 Å². The normalized spacial score (nSPS) is 10.3. The van der Waals surface area contributed by atoms with Crippen molar-refractivity contribution in [2.75, 3.05) is 12.8 Å². The van der Waals surface area contributed by atoms with Crippen molar-refractivity contribution in [1.29, 1.82) is 0 Å². The van der Waals surface area contributed by atoms with Gasteiger partial charge >= 0.3 is 0 Å². The molecule has 0 spiro atoms. The number of nitrogens with two attached hydrogens (primary N) is 1. The Morgan fingerprint density at radius 3 is 2.63 bits per heavy atom. The van der Waals surface area contributed by atoms with Crippen molar-refractivity contribution in [2.24, 2.45) is 0 Å². The summed E-state index contributed by atoms with van der Waals surface area (Å²) in [7, 11) is 1.43. The number of benzene rings is 1. The van der Waals surface area contributed by atoms with Crippen molar-refractivity contribution in [3.63, 3.8) is 0 Å². The molecule has 100 valence electrons. The van der Waals surface area contributed by atoms with Crippen LogP contribution >= 0.6 is 27.5 Å². The van der Waals surface area contributed by atoms with E-state index in [9.17, 15) is 4.39 Å². The van der Waals surface area contributed by atoms with Gasteiger partial charge in [0.25, 0.3) is 0 Å². The van der Waals surface area contributed by atoms with E-state index in [1.807, 2.05) is 0 Å². The fourth-order valence-corrected chi connectivity index (χ4v) is 1.99. The molecule has 0 aliphatic carbocycles. The second-order valence-corrected chi connectivity index (χ2v) is 4.67. The van der Waals surface area contributed by atoms with Gasteiger partial charge in [0.15, 0.2) is 0 Å². The summed E-state index contributed by atoms with van der Waals surface area (Å²) >= 11 is 8.85. The van der Waals surface area contributed by atoms with E-state index in [1.165, 1.54) is 19.2 Å². The summed E-state index contributed by atoms with van der Waals surface area (Å²) in [6.45, 7) is 0. The first-order valence-corrected chi connectivity index (χ1v) is 6.17. The SMILES string of the molecule is COc1cc(Oc2cc(F)c(Cl)cc2Br)nc(N)n1. The maximum Gasteiger partial charge on any atom is 0.227 e. The zero-order valence-electron chi connectivity index (χ0n) is 9.65. The van der Waals surface area contributed by atoms with E-state index in [-0.39, 0.29) is 28.5 Å². The van der Waals surface area contributed by atoms with Crippen LogP contribution in [-0.4, -0.2) is 17.1 Å². The van der Waals surface area contributed by atoms with E-state index < -0.39 is 5.82 Å². The molecule has 19 heavy (non-hydrogen) atoms. The average Bonchev–Trinajstić information content (AvgIpc) is 2.35. The number of ether oxygens (including phenoxy) is 2. The molecule has 1 aromatic carbocycles. The van der Waals surface area contributed by atoms with Gasteiger partial charge in [0.2, 0.25) is 17.7 Å². The van der Waals surface area contributed by atoms with Crippen LogP contribution in [0, 0.1) is 5.82 Å². The molecule has 0 saturated carbocycles. The molecule has 0 atom stereocenters. The highest BCUT2D eigenvalue weighted by molar-refractivity contribution is 9.10. The standard InChI is InChI=1S/C11H8BrClFN3O2/c1-18-9-4-10(17-11(15)16-9)19-8-3-7(14)6(13)2-5(8)12/h2-4H,1H3,(H2,15,16,17). The molecule has 2 rings (SSSR count). The predicted molar refractivity (Wildman–Crippen MR) is 72.2 cm³/mol. The number of methoxy groups -OCH3 is 1. The second kappa shape index (κ2) is 5.58. The molecule has 1 aromatic heterocycles. The number of anilines is 1. The monoisotopic (exact) mass is 347 g/mol. The molecule has 5 nitrogen and oxygen atoms in total. The van der Waals surface area contributed by atoms with Gasteiger partial charge in [-0.05, 0) is 22.0 Å². The Morgan fingerprint density at radius 1 is 1.26 bits per heavy atom. The largest absolute Gasteiger partial charge is 0.481 e. The van der Waals surface area contributed by atoms with E-state index in [1.54, 1.807) is 0 Å². The first kappa shape index (κ1) is 13.8. The molecule has 0 saturated heterocycles. The van der Waals surface area contributed by atoms with Gasteiger partial charge in [0.05, 0.1) is 22.7 Å². The second-order valence-electron chi connectivity index (χ2n) is 3.41. The highest BCUT2D eigenvalue weighted by atomic mass is 79.9. The number of nitrogens with zero attached hydrogens (tertiary/aromatic N) is 2. The first-order valence-electron chi connectivity index (χ1n) is 5.00. The van der Waals surface area contributed by atoms with Crippen LogP contribution in [-0.2, 0) is 0 Å². The van der Waals surface area contributed by atoms with Crippen LogP contribution in [0.25, 0.3) is 0 Å². The molecular weight excluding hydrogens is 340 g/mol. The first-order chi connectivity index (χ1) is 8.99. The maximum absolute atomic E-state index is 13.4. The highest BCUT2D eigenvalue weighted by Gasteiger charge is 2.11. The number of halogens is 3. The molecule has 2 aromatic rings. The van der Waals surface area contributed by atoms with Crippen molar-refractivity contribution in [3.8, 4) is 17.5 Å². The summed E-state index contributed by atoms with van der Waals surface area (Å²) in [5.74, 6) is -0.0318. The van der Waals surface area contributed by atoms with Crippen molar-refractivity contribution in [1.82, 2.24) is 9.97 Å². The molecule has 0 radical (unpaired) electrons. The molecule has 0 fully saturated rings. The molecule has 0 bridgehead atoms. The lowest BCUT2D eigenvalue weighted by Crippen LogP contribution is -2.00. The Labute approximate surface area is 121 Å². The van der Waals surface area contributed by atoms with Crippen LogP contribution < -0.4 is 15.2 Å². The molecule has 8 heteroatoms. The predicted octanol–water partition coefficient (Wildman–Crippen LogP) is 3.41. The summed E-state index contributed by atoms with van der Waals surface area (Å²) in [6.07, 6.45) is 0. The lowest BCUT2D eigenvalue weighted by atomic mass is 10.3. The summed E-state index contributed by atoms with van der Waals surface area (Å²) < 4.78 is 24.2. The van der Waals surface area contributed by atoms with Crippen LogP contribution in [0.5, 0.6) is 17.5 Å². The van der Waals surface area contributed by atoms with E-state index in [4.69, 9.17) is 26.8 Å². The van der Waals surface area contributed by atoms with Crippen LogP contribution in [0.15, 0.2) is 22.7 Å². The quantitative estimate of drug-likeness (QED) is 0.861. The van der Waals surface area contributed by atoms with Crippen LogP contribution in [0.4, 0.5) is 10.3 Å². The average molecular weight is 349 g/mol. The van der Waals surface area contributed by atoms with E-state index in [0.717, 1.165) is 6.07 Å². The minimum absolute atomic E-state index is 0.0140. The molecule has 0 amide bonds. The van der Waals surface area contributed by atoms with Gasteiger partial charge in [0.1, 0.15) is 11.6 Å². The third-order valence-electron chi connectivity index (χ3n) is 2.09. The molecule has 0 aliphatic rings. The van der Waals surface area contributed by atoms with Gasteiger partial charge in [-0.2, -0.15) is 9.97 Å². The number of aromatic nitrogens is 2. The summed E-state index contributed by atoms with van der Waals surface area (Å²) in [6, 6.07) is 3.94. The Hall–Kier alpha value is -1.60. The Bertz CT molecular complexity index is 627. The summed E-state index contributed by atoms with van der Waals surface area (Å²) in [5.41, 5.74) is 5.49. The van der Waals surface area contributed by atoms with Gasteiger partial charge in [-0.15, -0.1) is 0 Å². The van der Waals surface area contributed by atoms with Gasteiger partial charge in [-0.25, -0.2) is 4.39 Å². The zero-order chi connectivity index (χ0) is 14.0. The lowest BCUT2D eigenvalue weighted by molar-refractivity contribution is 0.388. The minimum atomic E-state index is -0.603. The van der Waals surface area contributed by atoms with Crippen LogP contribution in [0.3, 0.4) is 0 Å². The fourth-order valence-electron chi connectivity index (χ4n) is 1.27. The number of hydrogen-bond donors (Lipinski definition) is 1. The lowest BCUT2D eigenvalue weighted by Gasteiger charge is -2.09. The third kappa shape index (κ3) is 3.24. The number of nitrogen functional groups attached to an aromatic ring is 1. The Morgan fingerprint density at radius 2 is 1.95 bits per heavy atom. The molecular formula is C11H8BrClFN3O2. The summed E-state index contributed by atoms with van der Waals surface area (Å²) in [5, 5.41) is -0.0148. The topological polar surface area (TPSA) is 70.3 Å². The zero-order valence-corrected chi connectivity index (χ0v) is 12.0. The maximum atomic E-state index is 13.4. The van der Waals surface area contributed by atoms with Gasteiger partial charge < -0.3 is 15.2 Å². The molecule has 0 unspecified atom stereocenters. The third-order valence-corrected chi connectivity index (χ3v) is 3.00. The fraction of sp³-hybridized carbons (Fsp3) is 0.0909. The van der Waals surface area contributed by atoms with Crippen molar-refractivity contribution in [2.45, 2.75) is 0 Å². The Balaban J connectivity index is 2.36. The number of hydrogen-bond acceptors (Lipinski definition) is 5. The minimum Gasteiger partial charge on any atom is -0.481 e. The molecule has 1 heterocycles. The highest BCUT2D eigenvalue weighted by Crippen LogP contribution is 2.33. The van der Waals surface area contributed by atoms with Crippen LogP contribution in [0.2, 0.25) is 5.02 Å². The van der Waals surface area contributed by atoms with E-state index in [2.05, 4.69) is 25.9 Å². The van der Waals surface area contributed by atoms with Gasteiger partial charge in [0, 0.05) is 6.07 Å². The van der Waals surface area contributed by atoms with Gasteiger partial charge in [-0.3, -0.25) is 0 Å². The Kier molecular flexibility index (Phi) is 4.06.